The molecule has 0 heterocycles. The predicted octanol–water partition coefficient (Wildman–Crippen LogP) is 5.79. The molecular weight excluding hydrogens is 411 g/mol. The lowest BCUT2D eigenvalue weighted by atomic mass is 10.2. The molecule has 1 amide bonds. The number of benzene rings is 1. The SMILES string of the molecule is C#CCCCN(CCCC#C)c1cccc(SC/C(F)=C/CNC(=O)OC(C)(C)C)c1. The summed E-state index contributed by atoms with van der Waals surface area (Å²) in [4.78, 5) is 14.8. The second kappa shape index (κ2) is 14.4. The summed E-state index contributed by atoms with van der Waals surface area (Å²) in [5.74, 6) is 5.24. The first-order valence-corrected chi connectivity index (χ1v) is 11.4. The van der Waals surface area contributed by atoms with Crippen LogP contribution in [0.2, 0.25) is 0 Å². The molecular formula is C25H33FN2O2S. The minimum atomic E-state index is -0.581. The second-order valence-corrected chi connectivity index (χ2v) is 8.97. The minimum Gasteiger partial charge on any atom is -0.444 e. The van der Waals surface area contributed by atoms with Gasteiger partial charge in [0.1, 0.15) is 11.4 Å². The van der Waals surface area contributed by atoms with Crippen LogP contribution in [0, 0.1) is 24.7 Å². The molecule has 0 fully saturated rings. The molecule has 0 aromatic heterocycles. The van der Waals surface area contributed by atoms with Crippen molar-refractivity contribution in [1.29, 1.82) is 0 Å². The van der Waals surface area contributed by atoms with Crippen LogP contribution in [0.1, 0.15) is 46.5 Å². The number of hydrogen-bond donors (Lipinski definition) is 1. The van der Waals surface area contributed by atoms with Gasteiger partial charge in [-0.05, 0) is 57.9 Å². The van der Waals surface area contributed by atoms with Crippen molar-refractivity contribution < 1.29 is 13.9 Å². The van der Waals surface area contributed by atoms with Gasteiger partial charge in [0.15, 0.2) is 0 Å². The van der Waals surface area contributed by atoms with Gasteiger partial charge in [0, 0.05) is 48.8 Å². The third-order valence-electron chi connectivity index (χ3n) is 4.03. The van der Waals surface area contributed by atoms with Gasteiger partial charge in [-0.3, -0.25) is 0 Å². The van der Waals surface area contributed by atoms with Gasteiger partial charge >= 0.3 is 6.09 Å². The van der Waals surface area contributed by atoms with Crippen molar-refractivity contribution in [3.8, 4) is 24.7 Å². The fraction of sp³-hybridized carbons (Fsp3) is 0.480. The number of carbonyl (C=O) groups excluding carboxylic acids is 1. The lowest BCUT2D eigenvalue weighted by Gasteiger charge is -2.25. The summed E-state index contributed by atoms with van der Waals surface area (Å²) in [5.41, 5.74) is 0.498. The quantitative estimate of drug-likeness (QED) is 0.252. The van der Waals surface area contributed by atoms with E-state index in [0.29, 0.717) is 0 Å². The number of unbranched alkanes of at least 4 members (excludes halogenated alkanes) is 2. The summed E-state index contributed by atoms with van der Waals surface area (Å²) < 4.78 is 19.3. The molecule has 31 heavy (non-hydrogen) atoms. The summed E-state index contributed by atoms with van der Waals surface area (Å²) in [6.45, 7) is 7.12. The van der Waals surface area contributed by atoms with E-state index in [9.17, 15) is 9.18 Å². The van der Waals surface area contributed by atoms with Gasteiger partial charge in [-0.1, -0.05) is 6.07 Å². The van der Waals surface area contributed by atoms with Crippen molar-refractivity contribution >= 4 is 23.5 Å². The highest BCUT2D eigenvalue weighted by Gasteiger charge is 2.15. The Hall–Kier alpha value is -2.57. The van der Waals surface area contributed by atoms with Crippen LogP contribution in [-0.4, -0.2) is 37.1 Å². The predicted molar refractivity (Wildman–Crippen MR) is 129 cm³/mol. The number of thioether (sulfide) groups is 1. The first-order valence-electron chi connectivity index (χ1n) is 10.4. The molecule has 0 saturated carbocycles. The number of carbonyl (C=O) groups is 1. The summed E-state index contributed by atoms with van der Waals surface area (Å²) in [5, 5.41) is 2.52. The van der Waals surface area contributed by atoms with Crippen LogP contribution in [-0.2, 0) is 4.74 Å². The lowest BCUT2D eigenvalue weighted by Crippen LogP contribution is -2.32. The van der Waals surface area contributed by atoms with Gasteiger partial charge in [0.2, 0.25) is 0 Å². The molecule has 0 unspecified atom stereocenters. The van der Waals surface area contributed by atoms with Crippen LogP contribution < -0.4 is 10.2 Å². The van der Waals surface area contributed by atoms with Crippen molar-refractivity contribution in [2.75, 3.05) is 30.3 Å². The molecule has 0 atom stereocenters. The molecule has 0 aliphatic carbocycles. The summed E-state index contributed by atoms with van der Waals surface area (Å²) in [6, 6.07) is 8.04. The van der Waals surface area contributed by atoms with Crippen molar-refractivity contribution in [2.45, 2.75) is 57.0 Å². The van der Waals surface area contributed by atoms with E-state index in [4.69, 9.17) is 17.6 Å². The van der Waals surface area contributed by atoms with E-state index in [1.54, 1.807) is 20.8 Å². The number of alkyl carbamates (subject to hydrolysis) is 1. The Morgan fingerprint density at radius 1 is 1.23 bits per heavy atom. The molecule has 0 radical (unpaired) electrons. The molecule has 0 spiro atoms. The Bertz CT molecular complexity index is 783. The maximum atomic E-state index is 14.1. The molecule has 0 aliphatic rings. The van der Waals surface area contributed by atoms with Crippen molar-refractivity contribution in [3.05, 3.63) is 36.2 Å². The molecule has 0 saturated heterocycles. The smallest absolute Gasteiger partial charge is 0.407 e. The number of ether oxygens (including phenoxy) is 1. The molecule has 0 aliphatic heterocycles. The number of halogens is 1. The summed E-state index contributed by atoms with van der Waals surface area (Å²) in [6.07, 6.45) is 14.8. The van der Waals surface area contributed by atoms with E-state index in [-0.39, 0.29) is 18.1 Å². The van der Waals surface area contributed by atoms with Gasteiger partial charge in [-0.25, -0.2) is 9.18 Å². The highest BCUT2D eigenvalue weighted by atomic mass is 32.2. The van der Waals surface area contributed by atoms with E-state index < -0.39 is 11.7 Å². The summed E-state index contributed by atoms with van der Waals surface area (Å²) >= 11 is 1.41. The monoisotopic (exact) mass is 444 g/mol. The summed E-state index contributed by atoms with van der Waals surface area (Å²) in [7, 11) is 0. The number of amides is 1. The minimum absolute atomic E-state index is 0.0828. The zero-order valence-electron chi connectivity index (χ0n) is 18.7. The third kappa shape index (κ3) is 12.7. The van der Waals surface area contributed by atoms with Crippen molar-refractivity contribution in [2.24, 2.45) is 0 Å². The van der Waals surface area contributed by atoms with Gasteiger partial charge in [0.25, 0.3) is 0 Å². The number of rotatable bonds is 12. The maximum Gasteiger partial charge on any atom is 0.407 e. The molecule has 1 rings (SSSR count). The molecule has 1 aromatic rings. The Morgan fingerprint density at radius 3 is 2.45 bits per heavy atom. The maximum absolute atomic E-state index is 14.1. The average molecular weight is 445 g/mol. The standard InChI is InChI=1S/C25H33FN2O2S/c1-6-8-10-17-28(18-11-9-7-2)22-13-12-14-23(19-22)31-20-21(26)15-16-27-24(29)30-25(3,4)5/h1-2,12-15,19H,8-11,16-18,20H2,3-5H3,(H,27,29)/b21-15-. The zero-order chi connectivity index (χ0) is 23.1. The average Bonchev–Trinajstić information content (AvgIpc) is 2.70. The van der Waals surface area contributed by atoms with E-state index in [2.05, 4.69) is 28.1 Å². The Kier molecular flexibility index (Phi) is 12.3. The number of hydrogen-bond acceptors (Lipinski definition) is 4. The van der Waals surface area contributed by atoms with Crippen LogP contribution in [0.3, 0.4) is 0 Å². The van der Waals surface area contributed by atoms with Crippen LogP contribution >= 0.6 is 11.8 Å². The Morgan fingerprint density at radius 2 is 1.87 bits per heavy atom. The second-order valence-electron chi connectivity index (χ2n) is 7.92. The third-order valence-corrected chi connectivity index (χ3v) is 5.03. The van der Waals surface area contributed by atoms with Crippen LogP contribution in [0.15, 0.2) is 41.1 Å². The number of nitrogens with zero attached hydrogens (tertiary/aromatic N) is 1. The van der Waals surface area contributed by atoms with Crippen LogP contribution in [0.4, 0.5) is 14.9 Å². The topological polar surface area (TPSA) is 41.6 Å². The number of nitrogens with one attached hydrogen (secondary N) is 1. The van der Waals surface area contributed by atoms with Gasteiger partial charge < -0.3 is 15.0 Å². The molecule has 6 heteroatoms. The fourth-order valence-corrected chi connectivity index (χ4v) is 3.46. The van der Waals surface area contributed by atoms with Crippen LogP contribution in [0.5, 0.6) is 0 Å². The Balaban J connectivity index is 2.61. The molecule has 168 valence electrons. The molecule has 1 aromatic carbocycles. The van der Waals surface area contributed by atoms with Crippen LogP contribution in [0.25, 0.3) is 0 Å². The van der Waals surface area contributed by atoms with E-state index in [1.807, 2.05) is 18.2 Å². The van der Waals surface area contributed by atoms with E-state index in [0.717, 1.165) is 49.4 Å². The molecule has 4 nitrogen and oxygen atoms in total. The largest absolute Gasteiger partial charge is 0.444 e. The van der Waals surface area contributed by atoms with E-state index >= 15 is 0 Å². The highest BCUT2D eigenvalue weighted by molar-refractivity contribution is 7.99. The number of terminal acetylenes is 2. The fourth-order valence-electron chi connectivity index (χ4n) is 2.65. The normalized spacial score (nSPS) is 11.4. The zero-order valence-corrected chi connectivity index (χ0v) is 19.6. The van der Waals surface area contributed by atoms with Gasteiger partial charge in [0.05, 0.1) is 0 Å². The number of anilines is 1. The van der Waals surface area contributed by atoms with Crippen molar-refractivity contribution in [3.63, 3.8) is 0 Å². The lowest BCUT2D eigenvalue weighted by molar-refractivity contribution is 0.0534. The molecule has 0 bridgehead atoms. The van der Waals surface area contributed by atoms with Gasteiger partial charge in [-0.2, -0.15) is 0 Å². The molecule has 1 N–H and O–H groups in total. The van der Waals surface area contributed by atoms with Gasteiger partial charge in [-0.15, -0.1) is 36.4 Å². The first-order chi connectivity index (χ1) is 14.7. The highest BCUT2D eigenvalue weighted by Crippen LogP contribution is 2.26. The Labute approximate surface area is 191 Å². The first kappa shape index (κ1) is 26.5. The van der Waals surface area contributed by atoms with E-state index in [1.165, 1.54) is 17.8 Å². The van der Waals surface area contributed by atoms with Crippen molar-refractivity contribution in [1.82, 2.24) is 5.32 Å².